The SMILES string of the molecule is CCOC(=O)C(CNC(C)(C)CCO)C(=O)C1=CC(F)C(F)C(F)=C1F. The predicted molar refractivity (Wildman–Crippen MR) is 86.0 cm³/mol. The van der Waals surface area contributed by atoms with Crippen molar-refractivity contribution in [3.8, 4) is 0 Å². The molecule has 3 atom stereocenters. The number of hydrogen-bond acceptors (Lipinski definition) is 5. The first-order valence-corrected chi connectivity index (χ1v) is 8.18. The van der Waals surface area contributed by atoms with Gasteiger partial charge in [0.2, 0.25) is 0 Å². The van der Waals surface area contributed by atoms with Crippen molar-refractivity contribution in [1.29, 1.82) is 0 Å². The molecule has 0 saturated carbocycles. The van der Waals surface area contributed by atoms with Crippen molar-refractivity contribution in [3.63, 3.8) is 0 Å². The van der Waals surface area contributed by atoms with Gasteiger partial charge in [-0.15, -0.1) is 0 Å². The van der Waals surface area contributed by atoms with Crippen molar-refractivity contribution < 1.29 is 37.0 Å². The zero-order valence-electron chi connectivity index (χ0n) is 14.8. The van der Waals surface area contributed by atoms with Gasteiger partial charge >= 0.3 is 5.97 Å². The lowest BCUT2D eigenvalue weighted by atomic mass is 9.90. The molecule has 0 radical (unpaired) electrons. The fourth-order valence-electron chi connectivity index (χ4n) is 2.36. The van der Waals surface area contributed by atoms with Gasteiger partial charge in [-0.1, -0.05) is 0 Å². The molecule has 0 aromatic carbocycles. The molecule has 1 aliphatic carbocycles. The minimum Gasteiger partial charge on any atom is -0.465 e. The van der Waals surface area contributed by atoms with Gasteiger partial charge in [0.1, 0.15) is 5.92 Å². The number of ether oxygens (including phenoxy) is 1. The first kappa shape index (κ1) is 22.3. The van der Waals surface area contributed by atoms with Crippen LogP contribution in [-0.2, 0) is 14.3 Å². The molecule has 26 heavy (non-hydrogen) atoms. The molecule has 1 aliphatic rings. The summed E-state index contributed by atoms with van der Waals surface area (Å²) in [4.78, 5) is 24.6. The molecule has 0 aromatic rings. The highest BCUT2D eigenvalue weighted by Crippen LogP contribution is 2.33. The second-order valence-electron chi connectivity index (χ2n) is 6.50. The van der Waals surface area contributed by atoms with Crippen molar-refractivity contribution in [1.82, 2.24) is 5.32 Å². The van der Waals surface area contributed by atoms with Gasteiger partial charge in [0.15, 0.2) is 29.8 Å². The maximum Gasteiger partial charge on any atom is 0.318 e. The molecular weight excluding hydrogens is 358 g/mol. The van der Waals surface area contributed by atoms with Crippen LogP contribution in [0.4, 0.5) is 17.6 Å². The highest BCUT2D eigenvalue weighted by atomic mass is 19.2. The topological polar surface area (TPSA) is 75.6 Å². The molecule has 1 rings (SSSR count). The number of halogens is 4. The molecular formula is C17H23F4NO4. The number of esters is 1. The number of aliphatic hydroxyl groups excluding tert-OH is 1. The Morgan fingerprint density at radius 2 is 1.96 bits per heavy atom. The Bertz CT molecular complexity index is 604. The number of carbonyl (C=O) groups excluding carboxylic acids is 2. The van der Waals surface area contributed by atoms with E-state index in [1.807, 2.05) is 0 Å². The standard InChI is InChI=1S/C17H23F4NO4/c1-4-26-16(25)10(8-22-17(2,3)5-6-23)15(24)9-7-11(18)13(20)14(21)12(9)19/h7,10-11,13,22-23H,4-6,8H2,1-3H3. The van der Waals surface area contributed by atoms with Crippen molar-refractivity contribution in [2.75, 3.05) is 19.8 Å². The third-order valence-corrected chi connectivity index (χ3v) is 3.97. The highest BCUT2D eigenvalue weighted by Gasteiger charge is 2.40. The molecule has 3 unspecified atom stereocenters. The summed E-state index contributed by atoms with van der Waals surface area (Å²) in [5, 5.41) is 11.9. The molecule has 0 amide bonds. The lowest BCUT2D eigenvalue weighted by Gasteiger charge is -2.28. The van der Waals surface area contributed by atoms with Gasteiger partial charge in [0.05, 0.1) is 12.2 Å². The van der Waals surface area contributed by atoms with Crippen molar-refractivity contribution >= 4 is 11.8 Å². The lowest BCUT2D eigenvalue weighted by molar-refractivity contribution is -0.150. The van der Waals surface area contributed by atoms with Crippen LogP contribution in [0.3, 0.4) is 0 Å². The summed E-state index contributed by atoms with van der Waals surface area (Å²) in [5.41, 5.74) is -1.70. The Morgan fingerprint density at radius 1 is 1.35 bits per heavy atom. The number of ketones is 1. The van der Waals surface area contributed by atoms with E-state index in [4.69, 9.17) is 9.84 Å². The van der Waals surface area contributed by atoms with E-state index >= 15 is 0 Å². The Labute approximate surface area is 149 Å². The second-order valence-corrected chi connectivity index (χ2v) is 6.50. The fourth-order valence-corrected chi connectivity index (χ4v) is 2.36. The van der Waals surface area contributed by atoms with Gasteiger partial charge in [-0.05, 0) is 33.3 Å². The summed E-state index contributed by atoms with van der Waals surface area (Å²) >= 11 is 0. The third kappa shape index (κ3) is 5.38. The molecule has 0 saturated heterocycles. The summed E-state index contributed by atoms with van der Waals surface area (Å²) in [6, 6.07) is 0. The number of rotatable bonds is 9. The Balaban J connectivity index is 3.09. The van der Waals surface area contributed by atoms with Crippen LogP contribution in [0, 0.1) is 5.92 Å². The number of carbonyl (C=O) groups is 2. The quantitative estimate of drug-likeness (QED) is 0.364. The molecule has 0 heterocycles. The van der Waals surface area contributed by atoms with Gasteiger partial charge in [0.25, 0.3) is 0 Å². The number of aliphatic hydroxyl groups is 1. The van der Waals surface area contributed by atoms with Crippen LogP contribution in [0.2, 0.25) is 0 Å². The average Bonchev–Trinajstić information content (AvgIpc) is 2.56. The second kappa shape index (κ2) is 9.27. The maximum atomic E-state index is 13.9. The maximum absolute atomic E-state index is 13.9. The van der Waals surface area contributed by atoms with E-state index in [0.29, 0.717) is 12.5 Å². The molecule has 2 N–H and O–H groups in total. The summed E-state index contributed by atoms with van der Waals surface area (Å²) in [6.45, 7) is 4.35. The highest BCUT2D eigenvalue weighted by molar-refractivity contribution is 6.10. The minimum absolute atomic E-state index is 0.0628. The largest absolute Gasteiger partial charge is 0.465 e. The van der Waals surface area contributed by atoms with Gasteiger partial charge < -0.3 is 15.2 Å². The third-order valence-electron chi connectivity index (χ3n) is 3.97. The molecule has 5 nitrogen and oxygen atoms in total. The fraction of sp³-hybridized carbons (Fsp3) is 0.647. The summed E-state index contributed by atoms with van der Waals surface area (Å²) in [6.07, 6.45) is -4.74. The van der Waals surface area contributed by atoms with Gasteiger partial charge in [-0.2, -0.15) is 0 Å². The number of alkyl halides is 2. The number of allylic oxidation sites excluding steroid dienone is 4. The Kier molecular flexibility index (Phi) is 7.95. The number of Topliss-reactive ketones (excluding diaryl/α,β-unsaturated/α-hetero) is 1. The normalized spacial score (nSPS) is 22.1. The lowest BCUT2D eigenvalue weighted by Crippen LogP contribution is -2.46. The number of nitrogens with one attached hydrogen (secondary N) is 1. The van der Waals surface area contributed by atoms with E-state index in [-0.39, 0.29) is 19.8 Å². The zero-order chi connectivity index (χ0) is 20.1. The molecule has 9 heteroatoms. The molecule has 148 valence electrons. The van der Waals surface area contributed by atoms with Crippen LogP contribution in [0.1, 0.15) is 27.2 Å². The van der Waals surface area contributed by atoms with Crippen LogP contribution in [-0.4, -0.2) is 54.5 Å². The average molecular weight is 381 g/mol. The van der Waals surface area contributed by atoms with E-state index in [9.17, 15) is 27.2 Å². The van der Waals surface area contributed by atoms with E-state index in [1.165, 1.54) is 6.92 Å². The molecule has 0 aliphatic heterocycles. The summed E-state index contributed by atoms with van der Waals surface area (Å²) in [7, 11) is 0. The number of hydrogen-bond donors (Lipinski definition) is 2. The Morgan fingerprint density at radius 3 is 2.50 bits per heavy atom. The van der Waals surface area contributed by atoms with Gasteiger partial charge in [-0.3, -0.25) is 9.59 Å². The van der Waals surface area contributed by atoms with Crippen LogP contribution >= 0.6 is 0 Å². The van der Waals surface area contributed by atoms with Crippen molar-refractivity contribution in [2.24, 2.45) is 5.92 Å². The Hall–Kier alpha value is -1.74. The van der Waals surface area contributed by atoms with E-state index in [0.717, 1.165) is 0 Å². The van der Waals surface area contributed by atoms with Crippen LogP contribution in [0.5, 0.6) is 0 Å². The molecule has 0 spiro atoms. The van der Waals surface area contributed by atoms with Gasteiger partial charge in [0, 0.05) is 18.7 Å². The van der Waals surface area contributed by atoms with Crippen molar-refractivity contribution in [2.45, 2.75) is 45.1 Å². The van der Waals surface area contributed by atoms with Crippen LogP contribution in [0.25, 0.3) is 0 Å². The van der Waals surface area contributed by atoms with Crippen LogP contribution < -0.4 is 5.32 Å². The molecule has 0 aromatic heterocycles. The molecule has 0 fully saturated rings. The molecule has 0 bridgehead atoms. The van der Waals surface area contributed by atoms with E-state index in [1.54, 1.807) is 13.8 Å². The zero-order valence-corrected chi connectivity index (χ0v) is 14.8. The van der Waals surface area contributed by atoms with E-state index in [2.05, 4.69) is 5.32 Å². The smallest absolute Gasteiger partial charge is 0.318 e. The monoisotopic (exact) mass is 381 g/mol. The summed E-state index contributed by atoms with van der Waals surface area (Å²) < 4.78 is 58.8. The van der Waals surface area contributed by atoms with E-state index < -0.39 is 52.8 Å². The summed E-state index contributed by atoms with van der Waals surface area (Å²) in [5.74, 6) is -7.63. The predicted octanol–water partition coefficient (Wildman–Crippen LogP) is 2.25. The minimum atomic E-state index is -2.82. The first-order chi connectivity index (χ1) is 12.1. The van der Waals surface area contributed by atoms with Gasteiger partial charge in [-0.25, -0.2) is 17.6 Å². The first-order valence-electron chi connectivity index (χ1n) is 8.18. The van der Waals surface area contributed by atoms with Crippen molar-refractivity contribution in [3.05, 3.63) is 23.3 Å². The van der Waals surface area contributed by atoms with Crippen LogP contribution in [0.15, 0.2) is 23.3 Å².